The average molecular weight is 233 g/mol. The lowest BCUT2D eigenvalue weighted by Gasteiger charge is -2.10. The lowest BCUT2D eigenvalue weighted by Crippen LogP contribution is -2.17. The standard InChI is InChI=1S/C8H6F3N3O2/c1-15-7-4-5(16-8(9,10)11)2-3-6(7)13-14-12/h2-4H,1H3. The van der Waals surface area contributed by atoms with Crippen molar-refractivity contribution >= 4 is 5.69 Å². The molecule has 0 spiro atoms. The lowest BCUT2D eigenvalue weighted by molar-refractivity contribution is -0.274. The highest BCUT2D eigenvalue weighted by atomic mass is 19.4. The number of benzene rings is 1. The molecule has 0 unspecified atom stereocenters. The summed E-state index contributed by atoms with van der Waals surface area (Å²) in [5, 5.41) is 3.23. The minimum atomic E-state index is -4.77. The molecule has 0 amide bonds. The number of nitrogens with zero attached hydrogens (tertiary/aromatic N) is 3. The van der Waals surface area contributed by atoms with E-state index in [1.54, 1.807) is 0 Å². The predicted octanol–water partition coefficient (Wildman–Crippen LogP) is 3.54. The molecule has 0 saturated carbocycles. The van der Waals surface area contributed by atoms with Crippen molar-refractivity contribution in [1.29, 1.82) is 0 Å². The number of methoxy groups -OCH3 is 1. The molecule has 1 aromatic carbocycles. The van der Waals surface area contributed by atoms with Crippen LogP contribution in [0.4, 0.5) is 18.9 Å². The van der Waals surface area contributed by atoms with E-state index in [2.05, 4.69) is 14.8 Å². The highest BCUT2D eigenvalue weighted by Crippen LogP contribution is 2.33. The zero-order valence-corrected chi connectivity index (χ0v) is 8.02. The van der Waals surface area contributed by atoms with Crippen molar-refractivity contribution in [3.8, 4) is 11.5 Å². The molecule has 0 aliphatic rings. The van der Waals surface area contributed by atoms with Gasteiger partial charge in [-0.05, 0) is 17.7 Å². The van der Waals surface area contributed by atoms with Crippen molar-refractivity contribution < 1.29 is 22.6 Å². The predicted molar refractivity (Wildman–Crippen MR) is 48.5 cm³/mol. The maximum absolute atomic E-state index is 11.9. The highest BCUT2D eigenvalue weighted by molar-refractivity contribution is 5.54. The van der Waals surface area contributed by atoms with E-state index in [-0.39, 0.29) is 11.4 Å². The summed E-state index contributed by atoms with van der Waals surface area (Å²) in [6, 6.07) is 3.18. The summed E-state index contributed by atoms with van der Waals surface area (Å²) in [5.41, 5.74) is 8.27. The Balaban J connectivity index is 3.04. The lowest BCUT2D eigenvalue weighted by atomic mass is 10.3. The first-order valence-corrected chi connectivity index (χ1v) is 3.95. The SMILES string of the molecule is COc1cc(OC(F)(F)F)ccc1N=[N+]=[N-]. The Morgan fingerprint density at radius 1 is 1.38 bits per heavy atom. The molecule has 0 N–H and O–H groups in total. The molecular weight excluding hydrogens is 227 g/mol. The summed E-state index contributed by atoms with van der Waals surface area (Å²) in [6.45, 7) is 0. The average Bonchev–Trinajstić information content (AvgIpc) is 2.18. The maximum Gasteiger partial charge on any atom is 0.573 e. The Hall–Kier alpha value is -2.08. The van der Waals surface area contributed by atoms with Gasteiger partial charge in [-0.2, -0.15) is 0 Å². The van der Waals surface area contributed by atoms with Crippen molar-refractivity contribution in [3.63, 3.8) is 0 Å². The molecule has 0 aromatic heterocycles. The summed E-state index contributed by atoms with van der Waals surface area (Å²) in [7, 11) is 1.24. The van der Waals surface area contributed by atoms with Gasteiger partial charge in [0.1, 0.15) is 11.5 Å². The van der Waals surface area contributed by atoms with E-state index in [4.69, 9.17) is 10.3 Å². The van der Waals surface area contributed by atoms with Crippen molar-refractivity contribution in [2.45, 2.75) is 6.36 Å². The molecule has 0 fully saturated rings. The summed E-state index contributed by atoms with van der Waals surface area (Å²) < 4.78 is 44.0. The third kappa shape index (κ3) is 3.25. The van der Waals surface area contributed by atoms with Crippen LogP contribution in [0.15, 0.2) is 23.3 Å². The van der Waals surface area contributed by atoms with Gasteiger partial charge in [0.15, 0.2) is 0 Å². The van der Waals surface area contributed by atoms with Crippen LogP contribution >= 0.6 is 0 Å². The first-order valence-electron chi connectivity index (χ1n) is 3.95. The van der Waals surface area contributed by atoms with E-state index in [9.17, 15) is 13.2 Å². The van der Waals surface area contributed by atoms with Gasteiger partial charge in [0.05, 0.1) is 12.8 Å². The number of hydrogen-bond acceptors (Lipinski definition) is 3. The van der Waals surface area contributed by atoms with Crippen molar-refractivity contribution in [1.82, 2.24) is 0 Å². The molecule has 1 aromatic rings. The van der Waals surface area contributed by atoms with Crippen LogP contribution < -0.4 is 9.47 Å². The van der Waals surface area contributed by atoms with E-state index < -0.39 is 12.1 Å². The molecular formula is C8H6F3N3O2. The van der Waals surface area contributed by atoms with Gasteiger partial charge in [-0.25, -0.2) is 0 Å². The summed E-state index contributed by atoms with van der Waals surface area (Å²) >= 11 is 0. The third-order valence-corrected chi connectivity index (χ3v) is 1.54. The Morgan fingerprint density at radius 3 is 2.56 bits per heavy atom. The van der Waals surface area contributed by atoms with Crippen molar-refractivity contribution in [3.05, 3.63) is 28.6 Å². The minimum Gasteiger partial charge on any atom is -0.496 e. The van der Waals surface area contributed by atoms with Gasteiger partial charge in [-0.15, -0.1) is 13.2 Å². The van der Waals surface area contributed by atoms with E-state index >= 15 is 0 Å². The maximum atomic E-state index is 11.9. The largest absolute Gasteiger partial charge is 0.573 e. The molecule has 8 heteroatoms. The molecule has 0 aliphatic heterocycles. The van der Waals surface area contributed by atoms with Crippen LogP contribution in [0.5, 0.6) is 11.5 Å². The first-order chi connectivity index (χ1) is 7.46. The molecule has 0 heterocycles. The van der Waals surface area contributed by atoms with E-state index in [0.29, 0.717) is 0 Å². The number of halogens is 3. The van der Waals surface area contributed by atoms with E-state index in [1.807, 2.05) is 0 Å². The molecule has 1 rings (SSSR count). The van der Waals surface area contributed by atoms with Crippen LogP contribution in [-0.4, -0.2) is 13.5 Å². The van der Waals surface area contributed by atoms with Crippen LogP contribution in [0.1, 0.15) is 0 Å². The second-order valence-electron chi connectivity index (χ2n) is 2.57. The van der Waals surface area contributed by atoms with Crippen molar-refractivity contribution in [2.24, 2.45) is 5.11 Å². The normalized spacial score (nSPS) is 10.5. The van der Waals surface area contributed by atoms with Crippen LogP contribution in [0.2, 0.25) is 0 Å². The van der Waals surface area contributed by atoms with Crippen LogP contribution in [-0.2, 0) is 0 Å². The van der Waals surface area contributed by atoms with Gasteiger partial charge in [0, 0.05) is 11.0 Å². The molecule has 86 valence electrons. The first kappa shape index (κ1) is 12.0. The van der Waals surface area contributed by atoms with Crippen LogP contribution in [0.3, 0.4) is 0 Å². The summed E-state index contributed by atoms with van der Waals surface area (Å²) in [4.78, 5) is 2.50. The second kappa shape index (κ2) is 4.63. The molecule has 5 nitrogen and oxygen atoms in total. The van der Waals surface area contributed by atoms with Gasteiger partial charge in [0.25, 0.3) is 0 Å². The number of ether oxygens (including phenoxy) is 2. The Kier molecular flexibility index (Phi) is 3.47. The Morgan fingerprint density at radius 2 is 2.06 bits per heavy atom. The highest BCUT2D eigenvalue weighted by Gasteiger charge is 2.31. The Labute approximate surface area is 88.0 Å². The minimum absolute atomic E-state index is 0.000417. The second-order valence-corrected chi connectivity index (χ2v) is 2.57. The van der Waals surface area contributed by atoms with Crippen LogP contribution in [0.25, 0.3) is 10.4 Å². The molecule has 16 heavy (non-hydrogen) atoms. The molecule has 0 radical (unpaired) electrons. The summed E-state index contributed by atoms with van der Waals surface area (Å²) in [5.74, 6) is -0.444. The molecule has 0 aliphatic carbocycles. The number of rotatable bonds is 3. The number of azide groups is 1. The van der Waals surface area contributed by atoms with Gasteiger partial charge >= 0.3 is 6.36 Å². The third-order valence-electron chi connectivity index (χ3n) is 1.54. The Bertz CT molecular complexity index is 427. The summed E-state index contributed by atoms with van der Waals surface area (Å²) in [6.07, 6.45) is -4.77. The van der Waals surface area contributed by atoms with E-state index in [1.165, 1.54) is 13.2 Å². The fourth-order valence-electron chi connectivity index (χ4n) is 0.986. The fourth-order valence-corrected chi connectivity index (χ4v) is 0.986. The molecule has 0 bridgehead atoms. The van der Waals surface area contributed by atoms with Crippen molar-refractivity contribution in [2.75, 3.05) is 7.11 Å². The molecule has 0 saturated heterocycles. The van der Waals surface area contributed by atoms with Gasteiger partial charge < -0.3 is 9.47 Å². The van der Waals surface area contributed by atoms with Gasteiger partial charge in [0.2, 0.25) is 0 Å². The smallest absolute Gasteiger partial charge is 0.496 e. The number of alkyl halides is 3. The zero-order chi connectivity index (χ0) is 12.2. The zero-order valence-electron chi connectivity index (χ0n) is 8.02. The quantitative estimate of drug-likeness (QED) is 0.455. The topological polar surface area (TPSA) is 67.2 Å². The van der Waals surface area contributed by atoms with E-state index in [0.717, 1.165) is 12.1 Å². The van der Waals surface area contributed by atoms with Gasteiger partial charge in [-0.1, -0.05) is 5.11 Å². The number of hydrogen-bond donors (Lipinski definition) is 0. The van der Waals surface area contributed by atoms with Gasteiger partial charge in [-0.3, -0.25) is 0 Å². The van der Waals surface area contributed by atoms with Crippen LogP contribution in [0, 0.1) is 0 Å². The monoisotopic (exact) mass is 233 g/mol. The fraction of sp³-hybridized carbons (Fsp3) is 0.250. The molecule has 0 atom stereocenters.